The molecule has 0 heterocycles. The summed E-state index contributed by atoms with van der Waals surface area (Å²) < 4.78 is 22.9. The first-order valence-electron chi connectivity index (χ1n) is 4.92. The van der Waals surface area contributed by atoms with Crippen molar-refractivity contribution in [2.45, 2.75) is 23.8 Å². The molecule has 4 nitrogen and oxygen atoms in total. The molecule has 17 heavy (non-hydrogen) atoms. The van der Waals surface area contributed by atoms with Crippen LogP contribution in [0.15, 0.2) is 27.6 Å². The van der Waals surface area contributed by atoms with Crippen molar-refractivity contribution in [3.8, 4) is 0 Å². The predicted molar refractivity (Wildman–Crippen MR) is 67.7 cm³/mol. The molecule has 0 aliphatic heterocycles. The van der Waals surface area contributed by atoms with E-state index in [-0.39, 0.29) is 22.4 Å². The molecule has 0 bridgehead atoms. The standard InChI is InChI=1S/C10H9BrClNO3S/c11-7-3-6(10(14)13-8-1-2-8)4-9(5-7)17(12,15)16/h3-5,8H,1-2H2,(H,13,14). The SMILES string of the molecule is O=C(NC1CC1)c1cc(Br)cc(S(=O)(=O)Cl)c1. The largest absolute Gasteiger partial charge is 0.349 e. The van der Waals surface area contributed by atoms with Crippen molar-refractivity contribution in [1.82, 2.24) is 5.32 Å². The van der Waals surface area contributed by atoms with Crippen LogP contribution < -0.4 is 5.32 Å². The van der Waals surface area contributed by atoms with Crippen molar-refractivity contribution < 1.29 is 13.2 Å². The molecular formula is C10H9BrClNO3S. The fraction of sp³-hybridized carbons (Fsp3) is 0.300. The van der Waals surface area contributed by atoms with E-state index in [2.05, 4.69) is 21.2 Å². The van der Waals surface area contributed by atoms with Crippen molar-refractivity contribution in [1.29, 1.82) is 0 Å². The second-order valence-corrected chi connectivity index (χ2v) is 7.34. The Morgan fingerprint density at radius 1 is 1.35 bits per heavy atom. The molecule has 0 spiro atoms. The summed E-state index contributed by atoms with van der Waals surface area (Å²) in [6, 6.07) is 4.40. The molecule has 1 aromatic rings. The first-order valence-corrected chi connectivity index (χ1v) is 8.02. The van der Waals surface area contributed by atoms with E-state index in [0.717, 1.165) is 12.8 Å². The van der Waals surface area contributed by atoms with E-state index in [0.29, 0.717) is 4.47 Å². The van der Waals surface area contributed by atoms with Crippen LogP contribution in [0, 0.1) is 0 Å². The maximum Gasteiger partial charge on any atom is 0.261 e. The molecule has 0 radical (unpaired) electrons. The number of hydrogen-bond acceptors (Lipinski definition) is 3. The molecule has 0 aromatic heterocycles. The molecular weight excluding hydrogens is 330 g/mol. The molecule has 2 rings (SSSR count). The number of carbonyl (C=O) groups excluding carboxylic acids is 1. The van der Waals surface area contributed by atoms with Gasteiger partial charge in [-0.15, -0.1) is 0 Å². The van der Waals surface area contributed by atoms with Gasteiger partial charge in [0, 0.05) is 26.8 Å². The van der Waals surface area contributed by atoms with Crippen molar-refractivity contribution in [3.63, 3.8) is 0 Å². The molecule has 0 unspecified atom stereocenters. The maximum atomic E-state index is 11.8. The van der Waals surface area contributed by atoms with Crippen LogP contribution in [0.5, 0.6) is 0 Å². The quantitative estimate of drug-likeness (QED) is 0.860. The molecule has 1 aromatic carbocycles. The molecule has 7 heteroatoms. The van der Waals surface area contributed by atoms with Crippen LogP contribution in [-0.4, -0.2) is 20.4 Å². The Kier molecular flexibility index (Phi) is 3.47. The van der Waals surface area contributed by atoms with Gasteiger partial charge in [0.15, 0.2) is 0 Å². The van der Waals surface area contributed by atoms with E-state index in [9.17, 15) is 13.2 Å². The van der Waals surface area contributed by atoms with Gasteiger partial charge in [0.1, 0.15) is 0 Å². The summed E-state index contributed by atoms with van der Waals surface area (Å²) in [4.78, 5) is 11.7. The summed E-state index contributed by atoms with van der Waals surface area (Å²) in [6.45, 7) is 0. The lowest BCUT2D eigenvalue weighted by Gasteiger charge is -2.05. The fourth-order valence-corrected chi connectivity index (χ4v) is 2.78. The topological polar surface area (TPSA) is 63.2 Å². The summed E-state index contributed by atoms with van der Waals surface area (Å²) >= 11 is 3.15. The van der Waals surface area contributed by atoms with E-state index in [1.165, 1.54) is 12.1 Å². The summed E-state index contributed by atoms with van der Waals surface area (Å²) in [6.07, 6.45) is 1.95. The molecule has 92 valence electrons. The maximum absolute atomic E-state index is 11.8. The third-order valence-electron chi connectivity index (χ3n) is 2.33. The molecule has 1 N–H and O–H groups in total. The van der Waals surface area contributed by atoms with Crippen LogP contribution >= 0.6 is 26.6 Å². The van der Waals surface area contributed by atoms with Crippen LogP contribution in [0.1, 0.15) is 23.2 Å². The number of rotatable bonds is 3. The third-order valence-corrected chi connectivity index (χ3v) is 4.12. The molecule has 0 atom stereocenters. The average Bonchev–Trinajstić information content (AvgIpc) is 2.99. The average molecular weight is 339 g/mol. The predicted octanol–water partition coefficient (Wildman–Crippen LogP) is 2.27. The molecule has 1 amide bonds. The fourth-order valence-electron chi connectivity index (χ4n) is 1.33. The van der Waals surface area contributed by atoms with Crippen LogP contribution in [0.3, 0.4) is 0 Å². The highest BCUT2D eigenvalue weighted by Gasteiger charge is 2.24. The number of amides is 1. The molecule has 1 aliphatic rings. The van der Waals surface area contributed by atoms with E-state index in [4.69, 9.17) is 10.7 Å². The first kappa shape index (κ1) is 12.9. The van der Waals surface area contributed by atoms with Crippen LogP contribution in [0.2, 0.25) is 0 Å². The summed E-state index contributed by atoms with van der Waals surface area (Å²) in [7, 11) is 1.41. The lowest BCUT2D eigenvalue weighted by molar-refractivity contribution is 0.0951. The molecule has 1 saturated carbocycles. The zero-order chi connectivity index (χ0) is 12.6. The number of nitrogens with one attached hydrogen (secondary N) is 1. The highest BCUT2D eigenvalue weighted by atomic mass is 79.9. The lowest BCUT2D eigenvalue weighted by Crippen LogP contribution is -2.25. The highest BCUT2D eigenvalue weighted by molar-refractivity contribution is 9.10. The van der Waals surface area contributed by atoms with E-state index >= 15 is 0 Å². The lowest BCUT2D eigenvalue weighted by atomic mass is 10.2. The van der Waals surface area contributed by atoms with Crippen LogP contribution in [-0.2, 0) is 9.05 Å². The van der Waals surface area contributed by atoms with Crippen molar-refractivity contribution in [2.24, 2.45) is 0 Å². The number of benzene rings is 1. The number of carbonyl (C=O) groups is 1. The monoisotopic (exact) mass is 337 g/mol. The van der Waals surface area contributed by atoms with Crippen LogP contribution in [0.25, 0.3) is 0 Å². The van der Waals surface area contributed by atoms with Gasteiger partial charge in [-0.3, -0.25) is 4.79 Å². The smallest absolute Gasteiger partial charge is 0.261 e. The van der Waals surface area contributed by atoms with Gasteiger partial charge < -0.3 is 5.32 Å². The van der Waals surface area contributed by atoms with Crippen molar-refractivity contribution >= 4 is 41.6 Å². The van der Waals surface area contributed by atoms with Gasteiger partial charge in [-0.25, -0.2) is 8.42 Å². The number of halogens is 2. The highest BCUT2D eigenvalue weighted by Crippen LogP contribution is 2.24. The van der Waals surface area contributed by atoms with E-state index < -0.39 is 9.05 Å². The summed E-state index contributed by atoms with van der Waals surface area (Å²) in [5.74, 6) is -0.282. The minimum Gasteiger partial charge on any atom is -0.349 e. The zero-order valence-electron chi connectivity index (χ0n) is 8.61. The summed E-state index contributed by atoms with van der Waals surface area (Å²) in [5.41, 5.74) is 0.283. The van der Waals surface area contributed by atoms with Gasteiger partial charge >= 0.3 is 0 Å². The second kappa shape index (κ2) is 4.59. The van der Waals surface area contributed by atoms with E-state index in [1.54, 1.807) is 6.07 Å². The number of hydrogen-bond donors (Lipinski definition) is 1. The Morgan fingerprint density at radius 3 is 2.53 bits per heavy atom. The minimum atomic E-state index is -3.83. The third kappa shape index (κ3) is 3.43. The van der Waals surface area contributed by atoms with Gasteiger partial charge in [-0.1, -0.05) is 15.9 Å². The van der Waals surface area contributed by atoms with Gasteiger partial charge in [0.25, 0.3) is 15.0 Å². The van der Waals surface area contributed by atoms with Crippen LogP contribution in [0.4, 0.5) is 0 Å². The molecule has 1 aliphatic carbocycles. The van der Waals surface area contributed by atoms with Gasteiger partial charge in [0.2, 0.25) is 0 Å². The normalized spacial score (nSPS) is 15.6. The van der Waals surface area contributed by atoms with Crippen molar-refractivity contribution in [2.75, 3.05) is 0 Å². The first-order chi connectivity index (χ1) is 7.86. The molecule has 0 saturated heterocycles. The van der Waals surface area contributed by atoms with Gasteiger partial charge in [-0.05, 0) is 31.0 Å². The Balaban J connectivity index is 2.33. The Hall–Kier alpha value is -0.590. The second-order valence-electron chi connectivity index (χ2n) is 3.86. The Morgan fingerprint density at radius 2 is 2.00 bits per heavy atom. The zero-order valence-corrected chi connectivity index (χ0v) is 11.8. The molecule has 1 fully saturated rings. The minimum absolute atomic E-state index is 0.0884. The van der Waals surface area contributed by atoms with Gasteiger partial charge in [-0.2, -0.15) is 0 Å². The van der Waals surface area contributed by atoms with Gasteiger partial charge in [0.05, 0.1) is 4.90 Å². The van der Waals surface area contributed by atoms with E-state index in [1.807, 2.05) is 0 Å². The Labute approximate surface area is 112 Å². The van der Waals surface area contributed by atoms with Crippen molar-refractivity contribution in [3.05, 3.63) is 28.2 Å². The Bertz CT molecular complexity index is 569. The summed E-state index contributed by atoms with van der Waals surface area (Å²) in [5, 5.41) is 2.78.